The van der Waals surface area contributed by atoms with Gasteiger partial charge in [-0.2, -0.15) is 0 Å². The quantitative estimate of drug-likeness (QED) is 0.109. The van der Waals surface area contributed by atoms with Crippen LogP contribution in [-0.4, -0.2) is 89.8 Å². The topological polar surface area (TPSA) is 247 Å². The molecular weight excluding hydrogens is 734 g/mol. The molecule has 18 heteroatoms. The van der Waals surface area contributed by atoms with Gasteiger partial charge in [0.25, 0.3) is 0 Å². The second kappa shape index (κ2) is 19.3. The zero-order chi connectivity index (χ0) is 39.3. The van der Waals surface area contributed by atoms with E-state index < -0.39 is 92.9 Å². The largest absolute Gasteiger partial charge is 0.481 e. The molecule has 6 N–H and O–H groups in total. The fourth-order valence-electron chi connectivity index (χ4n) is 4.89. The Morgan fingerprint density at radius 1 is 0.792 bits per heavy atom. The maximum Gasteiger partial charge on any atom is 0.408 e. The van der Waals surface area contributed by atoms with Crippen LogP contribution in [0.2, 0.25) is 0 Å². The molecule has 1 unspecified atom stereocenters. The number of carbonyl (C=O) groups is 6. The minimum Gasteiger partial charge on any atom is -0.481 e. The van der Waals surface area contributed by atoms with Crippen LogP contribution in [0.4, 0.5) is 4.79 Å². The van der Waals surface area contributed by atoms with Gasteiger partial charge in [-0.05, 0) is 29.7 Å². The van der Waals surface area contributed by atoms with E-state index in [0.29, 0.717) is 16.8 Å². The summed E-state index contributed by atoms with van der Waals surface area (Å²) >= 11 is 5.82. The first-order valence-corrected chi connectivity index (χ1v) is 18.4. The molecule has 0 radical (unpaired) electrons. The molecule has 0 aliphatic heterocycles. The number of aromatic nitrogens is 1. The summed E-state index contributed by atoms with van der Waals surface area (Å²) in [6.45, 7) is 2.97. The fourth-order valence-corrected chi connectivity index (χ4v) is 5.45. The number of aliphatic carboxylic acids is 2. The zero-order valence-electron chi connectivity index (χ0n) is 28.9. The minimum atomic E-state index is -3.93. The Labute approximate surface area is 310 Å². The summed E-state index contributed by atoms with van der Waals surface area (Å²) in [5.41, 5.74) is 1.54. The Hall–Kier alpha value is -5.55. The van der Waals surface area contributed by atoms with Gasteiger partial charge in [0, 0.05) is 23.8 Å². The molecule has 3 rings (SSSR count). The van der Waals surface area contributed by atoms with E-state index in [1.807, 2.05) is 12.1 Å². The molecule has 3 aromatic rings. The van der Waals surface area contributed by atoms with E-state index in [1.165, 1.54) is 0 Å². The lowest BCUT2D eigenvalue weighted by atomic mass is 10.0. The summed E-state index contributed by atoms with van der Waals surface area (Å²) in [4.78, 5) is 81.2. The number of benzene rings is 2. The van der Waals surface area contributed by atoms with Crippen molar-refractivity contribution in [1.29, 1.82) is 0 Å². The summed E-state index contributed by atoms with van der Waals surface area (Å²) in [6.07, 6.45) is -1.30. The smallest absolute Gasteiger partial charge is 0.408 e. The predicted molar refractivity (Wildman–Crippen MR) is 193 cm³/mol. The molecule has 0 fully saturated rings. The molecule has 0 saturated carbocycles. The number of carbonyl (C=O) groups excluding carboxylic acids is 4. The van der Waals surface area contributed by atoms with Crippen LogP contribution in [0.15, 0.2) is 77.2 Å². The zero-order valence-corrected chi connectivity index (χ0v) is 30.5. The number of hydrogen-bond donors (Lipinski definition) is 6. The van der Waals surface area contributed by atoms with Gasteiger partial charge < -0.3 is 36.2 Å². The van der Waals surface area contributed by atoms with Crippen LogP contribution in [0, 0.1) is 5.92 Å². The van der Waals surface area contributed by atoms with Gasteiger partial charge >= 0.3 is 18.0 Å². The number of pyridine rings is 1. The molecule has 16 nitrogen and oxygen atoms in total. The first-order chi connectivity index (χ1) is 24.9. The number of carboxylic acids is 2. The monoisotopic (exact) mass is 773 g/mol. The number of halogens is 1. The normalized spacial score (nSPS) is 13.9. The van der Waals surface area contributed by atoms with Crippen molar-refractivity contribution in [2.24, 2.45) is 5.92 Å². The number of para-hydroxylation sites is 1. The van der Waals surface area contributed by atoms with Gasteiger partial charge in [-0.15, -0.1) is 0 Å². The van der Waals surface area contributed by atoms with Crippen LogP contribution in [0.3, 0.4) is 0 Å². The molecule has 2 aromatic carbocycles. The lowest BCUT2D eigenvalue weighted by Gasteiger charge is -2.27. The molecular formula is C35H40ClN5O11S. The van der Waals surface area contributed by atoms with Crippen molar-refractivity contribution in [2.75, 3.05) is 6.26 Å². The van der Waals surface area contributed by atoms with Gasteiger partial charge in [0.1, 0.15) is 29.1 Å². The predicted octanol–water partition coefficient (Wildman–Crippen LogP) is 2.26. The molecule has 4 atom stereocenters. The minimum absolute atomic E-state index is 0.172. The number of nitrogens with zero attached hydrogens (tertiary/aromatic N) is 1. The number of fused-ring (bicyclic) bond motifs is 1. The Kier molecular flexibility index (Phi) is 15.3. The molecule has 4 amide bonds. The SMILES string of the molecule is CC(C)[C@H](NC(=O)[C@H](Cc1ccc2ccccc2n1)NC(=O)[C@H](CC(=O)O)NC(=O)OCc1ccccc1)C(=O)NC(/C=C(\Cl)S(C)(=O)=O)CC(=O)O. The number of rotatable bonds is 18. The van der Waals surface area contributed by atoms with Gasteiger partial charge in [-0.1, -0.05) is 80.0 Å². The summed E-state index contributed by atoms with van der Waals surface area (Å²) in [6, 6.07) is 13.1. The number of alkyl carbamates (subject to hydrolysis) is 1. The highest BCUT2D eigenvalue weighted by Crippen LogP contribution is 2.15. The third-order valence-corrected chi connectivity index (χ3v) is 9.37. The van der Waals surface area contributed by atoms with E-state index in [4.69, 9.17) is 16.3 Å². The summed E-state index contributed by atoms with van der Waals surface area (Å²) < 4.78 is 28.1. The highest BCUT2D eigenvalue weighted by Gasteiger charge is 2.33. The second-order valence-electron chi connectivity index (χ2n) is 12.3. The number of ether oxygens (including phenoxy) is 1. The van der Waals surface area contributed by atoms with Gasteiger partial charge in [0.15, 0.2) is 9.84 Å². The van der Waals surface area contributed by atoms with Crippen molar-refractivity contribution < 1.29 is 52.1 Å². The molecule has 0 spiro atoms. The standard InChI is InChI=1S/C35H40ClN5O11S/c1-20(2)31(34(48)38-24(17-29(42)43)16-28(36)53(3,50)51)41-33(47)26(15-23-14-13-22-11-7-8-12-25(22)37-23)39-32(46)27(18-30(44)45)40-35(49)52-19-21-9-5-4-6-10-21/h4-14,16,20,24,26-27,31H,15,17-19H2,1-3H3,(H,38,48)(H,39,46)(H,40,49)(H,41,47)(H,42,43)(H,44,45)/b28-16+/t24?,26-,27-,31-/m0/s1. The van der Waals surface area contributed by atoms with Crippen LogP contribution in [-0.2, 0) is 51.6 Å². The lowest BCUT2D eigenvalue weighted by molar-refractivity contribution is -0.140. The third-order valence-electron chi connectivity index (χ3n) is 7.56. The van der Waals surface area contributed by atoms with Gasteiger partial charge in [0.2, 0.25) is 17.7 Å². The molecule has 1 heterocycles. The Balaban J connectivity index is 1.89. The Morgan fingerprint density at radius 2 is 1.42 bits per heavy atom. The number of amides is 4. The van der Waals surface area contributed by atoms with Gasteiger partial charge in [-0.3, -0.25) is 29.0 Å². The van der Waals surface area contributed by atoms with Gasteiger partial charge in [-0.25, -0.2) is 13.2 Å². The van der Waals surface area contributed by atoms with Crippen molar-refractivity contribution >= 4 is 68.1 Å². The average Bonchev–Trinajstić information content (AvgIpc) is 3.08. The van der Waals surface area contributed by atoms with Crippen LogP contribution in [0.5, 0.6) is 0 Å². The summed E-state index contributed by atoms with van der Waals surface area (Å²) in [7, 11) is -3.93. The number of carboxylic acid groups (broad SMARTS) is 2. The van der Waals surface area contributed by atoms with E-state index in [-0.39, 0.29) is 13.0 Å². The summed E-state index contributed by atoms with van der Waals surface area (Å²) in [5.74, 6) is -6.32. The molecule has 1 aromatic heterocycles. The molecule has 0 aliphatic rings. The number of hydrogen-bond acceptors (Lipinski definition) is 10. The first kappa shape index (κ1) is 41.9. The third kappa shape index (κ3) is 13.8. The summed E-state index contributed by atoms with van der Waals surface area (Å²) in [5, 5.41) is 29.3. The number of sulfone groups is 1. The van der Waals surface area contributed by atoms with E-state index >= 15 is 0 Å². The lowest BCUT2D eigenvalue weighted by Crippen LogP contribution is -2.59. The van der Waals surface area contributed by atoms with E-state index in [2.05, 4.69) is 26.3 Å². The van der Waals surface area contributed by atoms with Crippen LogP contribution < -0.4 is 21.3 Å². The van der Waals surface area contributed by atoms with E-state index in [1.54, 1.807) is 68.4 Å². The average molecular weight is 774 g/mol. The van der Waals surface area contributed by atoms with Crippen LogP contribution in [0.1, 0.15) is 37.9 Å². The van der Waals surface area contributed by atoms with Crippen molar-refractivity contribution in [3.63, 3.8) is 0 Å². The molecule has 0 saturated heterocycles. The van der Waals surface area contributed by atoms with Crippen molar-refractivity contribution in [3.05, 3.63) is 88.4 Å². The van der Waals surface area contributed by atoms with E-state index in [0.717, 1.165) is 17.7 Å². The Morgan fingerprint density at radius 3 is 2.04 bits per heavy atom. The van der Waals surface area contributed by atoms with Crippen LogP contribution >= 0.6 is 11.6 Å². The van der Waals surface area contributed by atoms with Crippen molar-refractivity contribution in [3.8, 4) is 0 Å². The fraction of sp³-hybridized carbons (Fsp3) is 0.343. The Bertz CT molecular complexity index is 1960. The molecule has 0 aliphatic carbocycles. The molecule has 0 bridgehead atoms. The van der Waals surface area contributed by atoms with Gasteiger partial charge in [0.05, 0.1) is 24.4 Å². The maximum atomic E-state index is 13.9. The number of nitrogens with one attached hydrogen (secondary N) is 4. The molecule has 53 heavy (non-hydrogen) atoms. The highest BCUT2D eigenvalue weighted by molar-refractivity contribution is 7.96. The second-order valence-corrected chi connectivity index (χ2v) is 14.9. The maximum absolute atomic E-state index is 13.9. The van der Waals surface area contributed by atoms with E-state index in [9.17, 15) is 47.4 Å². The van der Waals surface area contributed by atoms with Crippen LogP contribution in [0.25, 0.3) is 10.9 Å². The van der Waals surface area contributed by atoms with Crippen molar-refractivity contribution in [1.82, 2.24) is 26.3 Å². The first-order valence-electron chi connectivity index (χ1n) is 16.2. The van der Waals surface area contributed by atoms with Crippen molar-refractivity contribution in [2.45, 2.75) is 63.9 Å². The highest BCUT2D eigenvalue weighted by atomic mass is 35.5. The molecule has 284 valence electrons.